The van der Waals surface area contributed by atoms with Crippen LogP contribution in [-0.2, 0) is 4.79 Å². The highest BCUT2D eigenvalue weighted by Crippen LogP contribution is 2.42. The van der Waals surface area contributed by atoms with Gasteiger partial charge in [0.05, 0.1) is 24.3 Å². The fraction of sp³-hybridized carbons (Fsp3) is 0.583. The molecule has 1 saturated carbocycles. The second-order valence-electron chi connectivity index (χ2n) is 8.76. The van der Waals surface area contributed by atoms with Crippen molar-refractivity contribution in [2.75, 3.05) is 45.2 Å². The van der Waals surface area contributed by atoms with Crippen molar-refractivity contribution in [1.29, 1.82) is 5.26 Å². The maximum absolute atomic E-state index is 12.5. The molecule has 1 aliphatic heterocycles. The van der Waals surface area contributed by atoms with E-state index in [9.17, 15) is 14.4 Å². The van der Waals surface area contributed by atoms with Crippen molar-refractivity contribution >= 4 is 22.5 Å². The lowest BCUT2D eigenvalue weighted by atomic mass is 10.1. The number of carbonyl (C=O) groups is 1. The predicted molar refractivity (Wildman–Crippen MR) is 131 cm³/mol. The van der Waals surface area contributed by atoms with E-state index in [4.69, 9.17) is 10.00 Å². The van der Waals surface area contributed by atoms with E-state index in [1.54, 1.807) is 17.7 Å². The van der Waals surface area contributed by atoms with Gasteiger partial charge in [-0.05, 0) is 50.8 Å². The Balaban J connectivity index is 0.000000481. The van der Waals surface area contributed by atoms with Gasteiger partial charge in [-0.2, -0.15) is 5.26 Å². The number of ether oxygens (including phenoxy) is 1. The van der Waals surface area contributed by atoms with E-state index in [-0.39, 0.29) is 23.2 Å². The fourth-order valence-electron chi connectivity index (χ4n) is 4.36. The van der Waals surface area contributed by atoms with Crippen LogP contribution in [0, 0.1) is 17.2 Å². The highest BCUT2D eigenvalue weighted by molar-refractivity contribution is 5.90. The van der Waals surface area contributed by atoms with E-state index in [1.807, 2.05) is 19.2 Å². The first-order valence-corrected chi connectivity index (χ1v) is 11.8. The Morgan fingerprint density at radius 3 is 2.62 bits per heavy atom. The number of nitrogens with zero attached hydrogens (tertiary/aromatic N) is 3. The van der Waals surface area contributed by atoms with Crippen molar-refractivity contribution in [3.05, 3.63) is 33.0 Å². The molecule has 2 heterocycles. The average Bonchev–Trinajstić information content (AvgIpc) is 3.54. The minimum atomic E-state index is -0.378. The predicted octanol–water partition coefficient (Wildman–Crippen LogP) is 1.51. The van der Waals surface area contributed by atoms with E-state index in [2.05, 4.69) is 20.5 Å². The number of nitriles is 1. The summed E-state index contributed by atoms with van der Waals surface area (Å²) in [5.74, 6) is 1.07. The third-order valence-electron chi connectivity index (χ3n) is 6.19. The SMILES string of the molecule is CNCCC#N.COc1c(N2CCC(CCNC(C)=O)C2)ccc2c(=O)[nH]c(=O)n(C3CC3)c12. The standard InChI is InChI=1S/C20H26N4O4.C4H8N2/c1-12(25)21-9-7-13-8-10-23(11-13)16-6-5-15-17(18(16)28-2)24(14-3-4-14)20(27)22-19(15)26;1-6-4-2-3-5/h5-6,13-14H,3-4,7-11H2,1-2H3,(H,21,25)(H,22,26,27);6H,2,4H2,1H3. The van der Waals surface area contributed by atoms with Gasteiger partial charge < -0.3 is 20.3 Å². The highest BCUT2D eigenvalue weighted by Gasteiger charge is 2.31. The molecule has 2 aromatic rings. The average molecular weight is 471 g/mol. The number of benzene rings is 1. The van der Waals surface area contributed by atoms with Crippen LogP contribution in [0.1, 0.15) is 45.1 Å². The fourth-order valence-corrected chi connectivity index (χ4v) is 4.36. The molecule has 1 atom stereocenters. The Kier molecular flexibility index (Phi) is 8.71. The van der Waals surface area contributed by atoms with Gasteiger partial charge in [0, 0.05) is 45.6 Å². The van der Waals surface area contributed by atoms with Crippen LogP contribution >= 0.6 is 0 Å². The van der Waals surface area contributed by atoms with Gasteiger partial charge in [0.1, 0.15) is 5.52 Å². The van der Waals surface area contributed by atoms with E-state index >= 15 is 0 Å². The van der Waals surface area contributed by atoms with Gasteiger partial charge in [0.2, 0.25) is 5.91 Å². The van der Waals surface area contributed by atoms with Crippen LogP contribution in [-0.4, -0.2) is 55.8 Å². The molecule has 0 bridgehead atoms. The first-order chi connectivity index (χ1) is 16.4. The first kappa shape index (κ1) is 25.3. The number of hydrogen-bond acceptors (Lipinski definition) is 7. The van der Waals surface area contributed by atoms with Gasteiger partial charge in [-0.25, -0.2) is 4.79 Å². The molecular weight excluding hydrogens is 436 g/mol. The quantitative estimate of drug-likeness (QED) is 0.498. The highest BCUT2D eigenvalue weighted by atomic mass is 16.5. The van der Waals surface area contributed by atoms with Gasteiger partial charge >= 0.3 is 5.69 Å². The summed E-state index contributed by atoms with van der Waals surface area (Å²) < 4.78 is 7.42. The molecule has 1 aromatic carbocycles. The molecule has 2 aliphatic rings. The zero-order valence-electron chi connectivity index (χ0n) is 20.1. The molecule has 4 rings (SSSR count). The van der Waals surface area contributed by atoms with Gasteiger partial charge in [-0.1, -0.05) is 0 Å². The van der Waals surface area contributed by atoms with Crippen molar-refractivity contribution < 1.29 is 9.53 Å². The van der Waals surface area contributed by atoms with Gasteiger partial charge in [-0.3, -0.25) is 19.1 Å². The molecule has 184 valence electrons. The Morgan fingerprint density at radius 1 is 1.26 bits per heavy atom. The number of amides is 1. The molecule has 10 nitrogen and oxygen atoms in total. The number of aromatic nitrogens is 2. The number of rotatable bonds is 8. The van der Waals surface area contributed by atoms with E-state index in [0.717, 1.165) is 51.0 Å². The van der Waals surface area contributed by atoms with Gasteiger partial charge in [0.25, 0.3) is 5.56 Å². The summed E-state index contributed by atoms with van der Waals surface area (Å²) >= 11 is 0. The Hall–Kier alpha value is -3.32. The second-order valence-corrected chi connectivity index (χ2v) is 8.76. The minimum Gasteiger partial charge on any atom is -0.492 e. The van der Waals surface area contributed by atoms with Crippen molar-refractivity contribution in [3.8, 4) is 11.8 Å². The van der Waals surface area contributed by atoms with Crippen molar-refractivity contribution in [1.82, 2.24) is 20.2 Å². The lowest BCUT2D eigenvalue weighted by Gasteiger charge is -2.23. The Bertz CT molecular complexity index is 1160. The molecule has 0 spiro atoms. The summed E-state index contributed by atoms with van der Waals surface area (Å²) in [7, 11) is 3.42. The Morgan fingerprint density at radius 2 is 2.03 bits per heavy atom. The molecule has 1 aromatic heterocycles. The molecule has 2 fully saturated rings. The summed E-state index contributed by atoms with van der Waals surface area (Å²) in [4.78, 5) is 40.6. The second kappa shape index (κ2) is 11.7. The number of hydrogen-bond donors (Lipinski definition) is 3. The molecule has 1 aliphatic carbocycles. The molecule has 1 saturated heterocycles. The zero-order chi connectivity index (χ0) is 24.7. The number of fused-ring (bicyclic) bond motifs is 1. The minimum absolute atomic E-state index is 0.00526. The van der Waals surface area contributed by atoms with E-state index in [1.165, 1.54) is 6.92 Å². The van der Waals surface area contributed by atoms with Crippen LogP contribution in [0.4, 0.5) is 5.69 Å². The van der Waals surface area contributed by atoms with E-state index in [0.29, 0.717) is 35.5 Å². The molecule has 3 N–H and O–H groups in total. The smallest absolute Gasteiger partial charge is 0.329 e. The van der Waals surface area contributed by atoms with Crippen LogP contribution in [0.3, 0.4) is 0 Å². The topological polar surface area (TPSA) is 132 Å². The maximum Gasteiger partial charge on any atom is 0.329 e. The van der Waals surface area contributed by atoms with Gasteiger partial charge in [-0.15, -0.1) is 0 Å². The van der Waals surface area contributed by atoms with Crippen molar-refractivity contribution in [2.24, 2.45) is 5.92 Å². The summed E-state index contributed by atoms with van der Waals surface area (Å²) in [6.07, 6.45) is 4.44. The normalized spacial score (nSPS) is 17.1. The summed E-state index contributed by atoms with van der Waals surface area (Å²) in [5, 5.41) is 14.1. The largest absolute Gasteiger partial charge is 0.492 e. The van der Waals surface area contributed by atoms with E-state index < -0.39 is 0 Å². The zero-order valence-corrected chi connectivity index (χ0v) is 20.1. The lowest BCUT2D eigenvalue weighted by Crippen LogP contribution is -2.30. The number of H-pyrrole nitrogens is 1. The van der Waals surface area contributed by atoms with Crippen LogP contribution in [0.2, 0.25) is 0 Å². The molecule has 10 heteroatoms. The van der Waals surface area contributed by atoms with Gasteiger partial charge in [0.15, 0.2) is 5.75 Å². The molecular formula is C24H34N6O4. The van der Waals surface area contributed by atoms with Crippen molar-refractivity contribution in [2.45, 2.75) is 45.1 Å². The van der Waals surface area contributed by atoms with Crippen LogP contribution in [0.25, 0.3) is 10.9 Å². The first-order valence-electron chi connectivity index (χ1n) is 11.8. The monoisotopic (exact) mass is 470 g/mol. The third-order valence-corrected chi connectivity index (χ3v) is 6.19. The number of carbonyl (C=O) groups excluding carboxylic acids is 1. The number of anilines is 1. The molecule has 1 unspecified atom stereocenters. The summed E-state index contributed by atoms with van der Waals surface area (Å²) in [6.45, 7) is 4.75. The molecule has 34 heavy (non-hydrogen) atoms. The summed E-state index contributed by atoms with van der Waals surface area (Å²) in [6, 6.07) is 5.83. The van der Waals surface area contributed by atoms with Crippen molar-refractivity contribution in [3.63, 3.8) is 0 Å². The number of aromatic amines is 1. The number of nitrogens with one attached hydrogen (secondary N) is 3. The molecule has 1 amide bonds. The maximum atomic E-state index is 12.5. The van der Waals surface area contributed by atoms with Crippen LogP contribution in [0.5, 0.6) is 5.75 Å². The lowest BCUT2D eigenvalue weighted by molar-refractivity contribution is -0.118. The summed E-state index contributed by atoms with van der Waals surface area (Å²) in [5.41, 5.74) is 0.760. The molecule has 0 radical (unpaired) electrons. The number of methoxy groups -OCH3 is 1. The van der Waals surface area contributed by atoms with Crippen LogP contribution < -0.4 is 31.5 Å². The Labute approximate surface area is 198 Å². The van der Waals surface area contributed by atoms with Crippen LogP contribution in [0.15, 0.2) is 21.7 Å². The third kappa shape index (κ3) is 5.97.